The Bertz CT molecular complexity index is 1750. The number of amides is 1. The number of allylic oxidation sites excluding steroid dienone is 1. The number of anilines is 1. The number of aryl methyl sites for hydroxylation is 1. The highest BCUT2D eigenvalue weighted by atomic mass is 16.2. The minimum Gasteiger partial charge on any atom is -0.280 e. The second-order valence-electron chi connectivity index (χ2n) is 10.2. The van der Waals surface area contributed by atoms with E-state index in [-0.39, 0.29) is 11.8 Å². The fourth-order valence-electron chi connectivity index (χ4n) is 6.48. The molecule has 1 aliphatic carbocycles. The van der Waals surface area contributed by atoms with Crippen LogP contribution in [0, 0.1) is 0 Å². The Morgan fingerprint density at radius 2 is 1.32 bits per heavy atom. The summed E-state index contributed by atoms with van der Waals surface area (Å²) in [5, 5.41) is 1.12. The number of nitrogens with zero attached hydrogens (tertiary/aromatic N) is 2. The molecule has 1 aromatic heterocycles. The van der Waals surface area contributed by atoms with Crippen molar-refractivity contribution in [3.8, 4) is 0 Å². The second kappa shape index (κ2) is 8.42. The summed E-state index contributed by atoms with van der Waals surface area (Å²) in [6.45, 7) is 4.54. The van der Waals surface area contributed by atoms with Gasteiger partial charge in [0.15, 0.2) is 0 Å². The van der Waals surface area contributed by atoms with Crippen molar-refractivity contribution in [2.24, 2.45) is 0 Å². The van der Waals surface area contributed by atoms with E-state index in [4.69, 9.17) is 0 Å². The van der Waals surface area contributed by atoms with Crippen molar-refractivity contribution < 1.29 is 9.59 Å². The number of benzene rings is 4. The molecule has 0 N–H and O–H groups in total. The van der Waals surface area contributed by atoms with Crippen LogP contribution in [0.15, 0.2) is 121 Å². The van der Waals surface area contributed by atoms with Crippen LogP contribution in [0.5, 0.6) is 0 Å². The number of aromatic nitrogens is 1. The van der Waals surface area contributed by atoms with Crippen LogP contribution in [0.2, 0.25) is 0 Å². The van der Waals surface area contributed by atoms with Crippen molar-refractivity contribution in [2.75, 3.05) is 4.90 Å². The summed E-state index contributed by atoms with van der Waals surface area (Å²) in [7, 11) is 0. The summed E-state index contributed by atoms with van der Waals surface area (Å²) < 4.78 is 1.90. The Kier molecular flexibility index (Phi) is 4.98. The Hall–Kier alpha value is -4.70. The molecule has 1 atom stereocenters. The highest BCUT2D eigenvalue weighted by Gasteiger charge is 2.51. The van der Waals surface area contributed by atoms with Crippen LogP contribution in [-0.4, -0.2) is 16.4 Å². The molecule has 5 aromatic rings. The molecule has 1 aliphatic heterocycles. The Morgan fingerprint density at radius 1 is 0.711 bits per heavy atom. The molecule has 0 saturated heterocycles. The van der Waals surface area contributed by atoms with Crippen LogP contribution in [-0.2, 0) is 18.3 Å². The highest BCUT2D eigenvalue weighted by Crippen LogP contribution is 2.55. The fraction of sp³-hybridized carbons (Fsp3) is 0.118. The molecule has 4 aromatic carbocycles. The first-order valence-corrected chi connectivity index (χ1v) is 13.0. The van der Waals surface area contributed by atoms with Crippen LogP contribution < -0.4 is 4.90 Å². The summed E-state index contributed by atoms with van der Waals surface area (Å²) in [5.41, 5.74) is 6.73. The number of rotatable bonds is 2. The zero-order chi connectivity index (χ0) is 25.9. The monoisotopic (exact) mass is 494 g/mol. The summed E-state index contributed by atoms with van der Waals surface area (Å²) in [5.74, 6) is -0.110. The minimum absolute atomic E-state index is 0.0331. The summed E-state index contributed by atoms with van der Waals surface area (Å²) in [4.78, 5) is 29.5. The van der Waals surface area contributed by atoms with Crippen LogP contribution >= 0.6 is 0 Å². The van der Waals surface area contributed by atoms with Crippen LogP contribution in [0.25, 0.3) is 10.9 Å². The SMILES string of the molecule is C=C1N(C(=O)c2ccccc2)c2ccccc2[C@]12CCc1c(n(C(=O)c3ccccc3)c3ccccc13)C2. The number of carbonyl (C=O) groups is 2. The lowest BCUT2D eigenvalue weighted by Gasteiger charge is -2.36. The van der Waals surface area contributed by atoms with Crippen molar-refractivity contribution in [2.45, 2.75) is 24.7 Å². The molecule has 0 radical (unpaired) electrons. The predicted molar refractivity (Wildman–Crippen MR) is 151 cm³/mol. The van der Waals surface area contributed by atoms with Crippen molar-refractivity contribution >= 4 is 28.4 Å². The smallest absolute Gasteiger partial charge is 0.262 e. The average molecular weight is 495 g/mol. The van der Waals surface area contributed by atoms with Gasteiger partial charge in [0.05, 0.1) is 11.2 Å². The quantitative estimate of drug-likeness (QED) is 0.267. The van der Waals surface area contributed by atoms with E-state index in [9.17, 15) is 9.59 Å². The molecule has 4 heteroatoms. The molecule has 38 heavy (non-hydrogen) atoms. The Morgan fingerprint density at radius 3 is 2.05 bits per heavy atom. The summed E-state index contributed by atoms with van der Waals surface area (Å²) in [6, 6.07) is 35.1. The van der Waals surface area contributed by atoms with E-state index >= 15 is 0 Å². The lowest BCUT2D eigenvalue weighted by molar-refractivity contribution is 0.0957. The van der Waals surface area contributed by atoms with Crippen molar-refractivity contribution in [3.05, 3.63) is 149 Å². The van der Waals surface area contributed by atoms with E-state index in [1.165, 1.54) is 5.56 Å². The average Bonchev–Trinajstić information content (AvgIpc) is 3.42. The maximum Gasteiger partial charge on any atom is 0.262 e. The van der Waals surface area contributed by atoms with Crippen molar-refractivity contribution in [1.82, 2.24) is 4.57 Å². The van der Waals surface area contributed by atoms with Crippen molar-refractivity contribution in [1.29, 1.82) is 0 Å². The molecule has 1 amide bonds. The van der Waals surface area contributed by atoms with Gasteiger partial charge in [0.25, 0.3) is 11.8 Å². The maximum absolute atomic E-state index is 14.0. The van der Waals surface area contributed by atoms with Gasteiger partial charge in [0, 0.05) is 39.7 Å². The molecule has 0 fully saturated rings. The van der Waals surface area contributed by atoms with E-state index in [1.54, 1.807) is 4.90 Å². The van der Waals surface area contributed by atoms with Crippen LogP contribution in [0.3, 0.4) is 0 Å². The second-order valence-corrected chi connectivity index (χ2v) is 10.2. The molecule has 0 saturated carbocycles. The van der Waals surface area contributed by atoms with Gasteiger partial charge >= 0.3 is 0 Å². The number of hydrogen-bond acceptors (Lipinski definition) is 2. The topological polar surface area (TPSA) is 42.3 Å². The predicted octanol–water partition coefficient (Wildman–Crippen LogP) is 6.93. The van der Waals surface area contributed by atoms with Crippen LogP contribution in [0.4, 0.5) is 5.69 Å². The number of para-hydroxylation sites is 2. The normalized spacial score (nSPS) is 18.0. The maximum atomic E-state index is 14.0. The molecule has 2 aliphatic rings. The van der Waals surface area contributed by atoms with Gasteiger partial charge in [-0.3, -0.25) is 19.1 Å². The third kappa shape index (κ3) is 3.10. The molecule has 0 bridgehead atoms. The molecule has 4 nitrogen and oxygen atoms in total. The van der Waals surface area contributed by atoms with Gasteiger partial charge in [0.2, 0.25) is 0 Å². The van der Waals surface area contributed by atoms with Gasteiger partial charge in [0.1, 0.15) is 0 Å². The van der Waals surface area contributed by atoms with Crippen molar-refractivity contribution in [3.63, 3.8) is 0 Å². The largest absolute Gasteiger partial charge is 0.280 e. The van der Waals surface area contributed by atoms with Gasteiger partial charge in [-0.1, -0.05) is 79.4 Å². The fourth-order valence-corrected chi connectivity index (χ4v) is 6.48. The van der Waals surface area contributed by atoms with Gasteiger partial charge in [-0.05, 0) is 60.4 Å². The third-order valence-electron chi connectivity index (χ3n) is 8.29. The van der Waals surface area contributed by atoms with E-state index in [0.29, 0.717) is 17.5 Å². The standard InChI is InChI=1S/C34H26N2O2/c1-23-34(28-17-9-11-19-30(28)35(23)32(37)24-12-4-2-5-13-24)21-20-27-26-16-8-10-18-29(26)36(31(27)22-34)33(38)25-14-6-3-7-15-25/h2-19H,1,20-22H2/t34-/m0/s1. The zero-order valence-corrected chi connectivity index (χ0v) is 20.9. The molecule has 7 rings (SSSR count). The molecule has 2 heterocycles. The lowest BCUT2D eigenvalue weighted by atomic mass is 9.68. The molecule has 1 spiro atoms. The summed E-state index contributed by atoms with van der Waals surface area (Å²) >= 11 is 0. The molecular weight excluding hydrogens is 468 g/mol. The minimum atomic E-state index is -0.475. The van der Waals surface area contributed by atoms with Gasteiger partial charge in [-0.25, -0.2) is 0 Å². The highest BCUT2D eigenvalue weighted by molar-refractivity contribution is 6.11. The van der Waals surface area contributed by atoms with E-state index in [1.807, 2.05) is 102 Å². The number of hydrogen-bond donors (Lipinski definition) is 0. The van der Waals surface area contributed by atoms with E-state index in [2.05, 4.69) is 18.7 Å². The molecule has 184 valence electrons. The van der Waals surface area contributed by atoms with Gasteiger partial charge < -0.3 is 0 Å². The summed E-state index contributed by atoms with van der Waals surface area (Å²) in [6.07, 6.45) is 2.22. The first kappa shape index (κ1) is 22.5. The van der Waals surface area contributed by atoms with E-state index in [0.717, 1.165) is 46.4 Å². The van der Waals surface area contributed by atoms with Gasteiger partial charge in [-0.2, -0.15) is 0 Å². The number of fused-ring (bicyclic) bond motifs is 5. The first-order chi connectivity index (χ1) is 18.6. The Labute approximate surface area is 221 Å². The van der Waals surface area contributed by atoms with E-state index < -0.39 is 5.41 Å². The van der Waals surface area contributed by atoms with Gasteiger partial charge in [-0.15, -0.1) is 0 Å². The first-order valence-electron chi connectivity index (χ1n) is 13.0. The third-order valence-corrected chi connectivity index (χ3v) is 8.29. The molecular formula is C34H26N2O2. The van der Waals surface area contributed by atoms with Crippen LogP contribution in [0.1, 0.15) is 44.0 Å². The number of carbonyl (C=O) groups excluding carboxylic acids is 2. The molecule has 0 unspecified atom stereocenters. The Balaban J connectivity index is 1.40. The zero-order valence-electron chi connectivity index (χ0n) is 20.9. The lowest BCUT2D eigenvalue weighted by Crippen LogP contribution is -2.39.